The van der Waals surface area contributed by atoms with Crippen LogP contribution in [-0.4, -0.2) is 5.91 Å². The Bertz CT molecular complexity index is 666. The maximum Gasteiger partial charge on any atom is 0.418 e. The SMILES string of the molecule is O=C(Nc1ccccc1C(F)(F)F)c1cc(Cl)cc(Cl)c1. The van der Waals surface area contributed by atoms with Crippen molar-refractivity contribution in [3.63, 3.8) is 0 Å². The van der Waals surface area contributed by atoms with E-state index in [1.807, 2.05) is 0 Å². The van der Waals surface area contributed by atoms with Crippen molar-refractivity contribution in [2.75, 3.05) is 5.32 Å². The van der Waals surface area contributed by atoms with Crippen LogP contribution in [0.3, 0.4) is 0 Å². The van der Waals surface area contributed by atoms with Gasteiger partial charge in [0.2, 0.25) is 0 Å². The first kappa shape index (κ1) is 15.7. The van der Waals surface area contributed by atoms with Crippen LogP contribution in [0.1, 0.15) is 15.9 Å². The topological polar surface area (TPSA) is 29.1 Å². The summed E-state index contributed by atoms with van der Waals surface area (Å²) in [6.07, 6.45) is -4.56. The molecule has 1 N–H and O–H groups in total. The second-order valence-corrected chi connectivity index (χ2v) is 5.03. The Balaban J connectivity index is 2.32. The number of amides is 1. The first-order valence-electron chi connectivity index (χ1n) is 5.71. The normalized spacial score (nSPS) is 11.3. The van der Waals surface area contributed by atoms with Crippen molar-refractivity contribution in [2.24, 2.45) is 0 Å². The number of carbonyl (C=O) groups is 1. The lowest BCUT2D eigenvalue weighted by atomic mass is 10.1. The third kappa shape index (κ3) is 3.89. The van der Waals surface area contributed by atoms with E-state index >= 15 is 0 Å². The van der Waals surface area contributed by atoms with Gasteiger partial charge >= 0.3 is 6.18 Å². The number of benzene rings is 2. The Morgan fingerprint density at radius 2 is 1.57 bits per heavy atom. The van der Waals surface area contributed by atoms with Gasteiger partial charge in [-0.1, -0.05) is 35.3 Å². The number of rotatable bonds is 2. The van der Waals surface area contributed by atoms with Crippen molar-refractivity contribution >= 4 is 34.8 Å². The Morgan fingerprint density at radius 1 is 1.00 bits per heavy atom. The summed E-state index contributed by atoms with van der Waals surface area (Å²) in [5, 5.41) is 2.65. The maximum atomic E-state index is 12.8. The van der Waals surface area contributed by atoms with E-state index < -0.39 is 17.6 Å². The lowest BCUT2D eigenvalue weighted by Crippen LogP contribution is -2.16. The minimum absolute atomic E-state index is 0.0736. The van der Waals surface area contributed by atoms with E-state index in [1.54, 1.807) is 0 Å². The molecule has 0 aromatic heterocycles. The summed E-state index contributed by atoms with van der Waals surface area (Å²) in [4.78, 5) is 12.0. The lowest BCUT2D eigenvalue weighted by molar-refractivity contribution is -0.136. The van der Waals surface area contributed by atoms with Crippen molar-refractivity contribution in [3.05, 3.63) is 63.6 Å². The number of hydrogen-bond donors (Lipinski definition) is 1. The predicted octanol–water partition coefficient (Wildman–Crippen LogP) is 5.26. The number of alkyl halides is 3. The van der Waals surface area contributed by atoms with E-state index in [4.69, 9.17) is 23.2 Å². The number of anilines is 1. The maximum absolute atomic E-state index is 12.8. The van der Waals surface area contributed by atoms with E-state index in [1.165, 1.54) is 36.4 Å². The second kappa shape index (κ2) is 5.95. The molecular formula is C14H8Cl2F3NO. The summed E-state index contributed by atoms with van der Waals surface area (Å²) >= 11 is 11.5. The zero-order chi connectivity index (χ0) is 15.6. The third-order valence-electron chi connectivity index (χ3n) is 2.61. The van der Waals surface area contributed by atoms with Crippen LogP contribution < -0.4 is 5.32 Å². The van der Waals surface area contributed by atoms with Gasteiger partial charge in [0.1, 0.15) is 0 Å². The van der Waals surface area contributed by atoms with E-state index in [9.17, 15) is 18.0 Å². The average Bonchev–Trinajstić information content (AvgIpc) is 2.37. The highest BCUT2D eigenvalue weighted by atomic mass is 35.5. The number of nitrogens with one attached hydrogen (secondary N) is 1. The molecule has 21 heavy (non-hydrogen) atoms. The summed E-state index contributed by atoms with van der Waals surface area (Å²) in [6, 6.07) is 8.76. The first-order valence-corrected chi connectivity index (χ1v) is 6.46. The van der Waals surface area contributed by atoms with E-state index in [2.05, 4.69) is 5.32 Å². The molecule has 0 saturated heterocycles. The molecule has 0 spiro atoms. The van der Waals surface area contributed by atoms with Gasteiger partial charge in [-0.2, -0.15) is 13.2 Å². The zero-order valence-corrected chi connectivity index (χ0v) is 11.9. The van der Waals surface area contributed by atoms with Crippen molar-refractivity contribution in [1.29, 1.82) is 0 Å². The van der Waals surface area contributed by atoms with Gasteiger partial charge in [0, 0.05) is 15.6 Å². The Morgan fingerprint density at radius 3 is 2.14 bits per heavy atom. The predicted molar refractivity (Wildman–Crippen MR) is 75.9 cm³/mol. The van der Waals surface area contributed by atoms with Crippen LogP contribution in [0.4, 0.5) is 18.9 Å². The zero-order valence-electron chi connectivity index (χ0n) is 10.3. The molecule has 2 aromatic rings. The first-order chi connectivity index (χ1) is 9.77. The molecule has 0 heterocycles. The van der Waals surface area contributed by atoms with E-state index in [-0.39, 0.29) is 21.3 Å². The van der Waals surface area contributed by atoms with Crippen LogP contribution in [-0.2, 0) is 6.18 Å². The van der Waals surface area contributed by atoms with Gasteiger partial charge in [-0.25, -0.2) is 0 Å². The molecule has 2 aromatic carbocycles. The smallest absolute Gasteiger partial charge is 0.321 e. The minimum atomic E-state index is -4.56. The molecular weight excluding hydrogens is 326 g/mol. The molecule has 0 aliphatic heterocycles. The molecule has 0 saturated carbocycles. The van der Waals surface area contributed by atoms with Crippen molar-refractivity contribution in [2.45, 2.75) is 6.18 Å². The number of halogens is 5. The Kier molecular flexibility index (Phi) is 4.44. The van der Waals surface area contributed by atoms with Crippen LogP contribution in [0.2, 0.25) is 10.0 Å². The largest absolute Gasteiger partial charge is 0.418 e. The Hall–Kier alpha value is -1.72. The molecule has 0 bridgehead atoms. The number of para-hydroxylation sites is 1. The second-order valence-electron chi connectivity index (χ2n) is 4.16. The van der Waals surface area contributed by atoms with E-state index in [0.29, 0.717) is 0 Å². The Labute approximate surface area is 128 Å². The van der Waals surface area contributed by atoms with Gasteiger partial charge in [0.05, 0.1) is 11.3 Å². The number of hydrogen-bond acceptors (Lipinski definition) is 1. The monoisotopic (exact) mass is 333 g/mol. The van der Waals surface area contributed by atoms with Crippen molar-refractivity contribution in [1.82, 2.24) is 0 Å². The van der Waals surface area contributed by atoms with Crippen molar-refractivity contribution < 1.29 is 18.0 Å². The molecule has 0 aliphatic carbocycles. The summed E-state index contributed by atoms with van der Waals surface area (Å²) in [5.74, 6) is -0.726. The fraction of sp³-hybridized carbons (Fsp3) is 0.0714. The molecule has 0 aliphatic rings. The fourth-order valence-electron chi connectivity index (χ4n) is 1.72. The van der Waals surface area contributed by atoms with Crippen LogP contribution in [0.25, 0.3) is 0 Å². The fourth-order valence-corrected chi connectivity index (χ4v) is 2.24. The quantitative estimate of drug-likeness (QED) is 0.797. The molecule has 0 fully saturated rings. The summed E-state index contributed by atoms with van der Waals surface area (Å²) in [7, 11) is 0. The highest BCUT2D eigenvalue weighted by molar-refractivity contribution is 6.35. The van der Waals surface area contributed by atoms with Crippen LogP contribution in [0, 0.1) is 0 Å². The summed E-state index contributed by atoms with van der Waals surface area (Å²) in [5.41, 5.74) is -1.18. The van der Waals surface area contributed by atoms with E-state index in [0.717, 1.165) is 6.07 Å². The third-order valence-corrected chi connectivity index (χ3v) is 3.04. The van der Waals surface area contributed by atoms with Gasteiger partial charge in [0.15, 0.2) is 0 Å². The minimum Gasteiger partial charge on any atom is -0.321 e. The van der Waals surface area contributed by atoms with Gasteiger partial charge in [-0.15, -0.1) is 0 Å². The molecule has 2 nitrogen and oxygen atoms in total. The highest BCUT2D eigenvalue weighted by Crippen LogP contribution is 2.34. The van der Waals surface area contributed by atoms with Crippen LogP contribution >= 0.6 is 23.2 Å². The van der Waals surface area contributed by atoms with Gasteiger partial charge < -0.3 is 5.32 Å². The molecule has 1 amide bonds. The molecule has 7 heteroatoms. The van der Waals surface area contributed by atoms with Gasteiger partial charge in [0.25, 0.3) is 5.91 Å². The molecule has 0 radical (unpaired) electrons. The van der Waals surface area contributed by atoms with Crippen LogP contribution in [0.5, 0.6) is 0 Å². The van der Waals surface area contributed by atoms with Crippen molar-refractivity contribution in [3.8, 4) is 0 Å². The summed E-state index contributed by atoms with van der Waals surface area (Å²) < 4.78 is 38.5. The average molecular weight is 334 g/mol. The molecule has 110 valence electrons. The summed E-state index contributed by atoms with van der Waals surface area (Å²) in [6.45, 7) is 0. The standard InChI is InChI=1S/C14H8Cl2F3NO/c15-9-5-8(6-10(16)7-9)13(21)20-12-4-2-1-3-11(12)14(17,18)19/h1-7H,(H,20,21). The van der Waals surface area contributed by atoms with Gasteiger partial charge in [-0.3, -0.25) is 4.79 Å². The molecule has 2 rings (SSSR count). The van der Waals surface area contributed by atoms with Crippen LogP contribution in [0.15, 0.2) is 42.5 Å². The molecule has 0 unspecified atom stereocenters. The van der Waals surface area contributed by atoms with Gasteiger partial charge in [-0.05, 0) is 30.3 Å². The number of carbonyl (C=O) groups excluding carboxylic acids is 1. The lowest BCUT2D eigenvalue weighted by Gasteiger charge is -2.13. The molecule has 0 atom stereocenters. The highest BCUT2D eigenvalue weighted by Gasteiger charge is 2.33.